The largest absolute Gasteiger partial charge is 0.321 e. The van der Waals surface area contributed by atoms with Gasteiger partial charge in [0.1, 0.15) is 6.17 Å². The first-order valence-corrected chi connectivity index (χ1v) is 7.82. The zero-order valence-corrected chi connectivity index (χ0v) is 12.4. The first-order chi connectivity index (χ1) is 9.70. The molecule has 3 rings (SSSR count). The van der Waals surface area contributed by atoms with Gasteiger partial charge in [-0.2, -0.15) is 0 Å². The van der Waals surface area contributed by atoms with E-state index in [1.807, 2.05) is 0 Å². The average molecular weight is 272 g/mol. The fraction of sp³-hybridized carbons (Fsp3) is 0.588. The molecule has 2 fully saturated rings. The normalized spacial score (nSPS) is 26.3. The number of benzene rings is 1. The maximum Gasteiger partial charge on any atom is 0.241 e. The summed E-state index contributed by atoms with van der Waals surface area (Å²) in [5, 5.41) is 3.56. The quantitative estimate of drug-likeness (QED) is 0.893. The minimum absolute atomic E-state index is 0.00311. The van der Waals surface area contributed by atoms with Gasteiger partial charge in [-0.25, -0.2) is 0 Å². The van der Waals surface area contributed by atoms with Crippen molar-refractivity contribution in [3.63, 3.8) is 0 Å². The second-order valence-electron chi connectivity index (χ2n) is 6.20. The van der Waals surface area contributed by atoms with E-state index in [4.69, 9.17) is 0 Å². The number of aryl methyl sites for hydroxylation is 1. The SMILES string of the molecule is CCCC1NC(c2ccccc2C)N(CC2CC2)C1=O. The average Bonchev–Trinajstić information content (AvgIpc) is 3.20. The van der Waals surface area contributed by atoms with Crippen molar-refractivity contribution >= 4 is 5.91 Å². The van der Waals surface area contributed by atoms with Gasteiger partial charge < -0.3 is 4.90 Å². The lowest BCUT2D eigenvalue weighted by Crippen LogP contribution is -2.33. The van der Waals surface area contributed by atoms with Crippen LogP contribution < -0.4 is 5.32 Å². The molecule has 3 heteroatoms. The molecule has 108 valence electrons. The van der Waals surface area contributed by atoms with Crippen LogP contribution in [0.1, 0.15) is 49.9 Å². The highest BCUT2D eigenvalue weighted by molar-refractivity contribution is 5.84. The summed E-state index contributed by atoms with van der Waals surface area (Å²) in [5.74, 6) is 1.03. The molecule has 1 aliphatic carbocycles. The van der Waals surface area contributed by atoms with Crippen LogP contribution in [0, 0.1) is 12.8 Å². The fourth-order valence-corrected chi connectivity index (χ4v) is 3.10. The molecule has 0 bridgehead atoms. The zero-order chi connectivity index (χ0) is 14.1. The summed E-state index contributed by atoms with van der Waals surface area (Å²) in [7, 11) is 0. The lowest BCUT2D eigenvalue weighted by molar-refractivity contribution is -0.130. The summed E-state index contributed by atoms with van der Waals surface area (Å²) < 4.78 is 0. The monoisotopic (exact) mass is 272 g/mol. The second kappa shape index (κ2) is 5.57. The Morgan fingerprint density at radius 1 is 1.30 bits per heavy atom. The van der Waals surface area contributed by atoms with Crippen LogP contribution in [0.25, 0.3) is 0 Å². The second-order valence-corrected chi connectivity index (χ2v) is 6.20. The molecule has 1 heterocycles. The molecule has 1 saturated heterocycles. The number of carbonyl (C=O) groups is 1. The Morgan fingerprint density at radius 3 is 2.70 bits per heavy atom. The molecule has 2 aliphatic rings. The minimum Gasteiger partial charge on any atom is -0.321 e. The van der Waals surface area contributed by atoms with Crippen LogP contribution in [0.2, 0.25) is 0 Å². The number of hydrogen-bond acceptors (Lipinski definition) is 2. The van der Waals surface area contributed by atoms with Crippen molar-refractivity contribution in [2.24, 2.45) is 5.92 Å². The molecule has 0 spiro atoms. The van der Waals surface area contributed by atoms with Crippen LogP contribution in [-0.4, -0.2) is 23.4 Å². The Bertz CT molecular complexity index is 496. The molecule has 1 amide bonds. The molecule has 20 heavy (non-hydrogen) atoms. The Balaban J connectivity index is 1.86. The van der Waals surface area contributed by atoms with Crippen molar-refractivity contribution in [2.45, 2.75) is 51.7 Å². The molecule has 1 saturated carbocycles. The Morgan fingerprint density at radius 2 is 2.05 bits per heavy atom. The van der Waals surface area contributed by atoms with Gasteiger partial charge in [0, 0.05) is 6.54 Å². The van der Waals surface area contributed by atoms with E-state index in [1.165, 1.54) is 24.0 Å². The van der Waals surface area contributed by atoms with Gasteiger partial charge in [0.25, 0.3) is 0 Å². The molecular weight excluding hydrogens is 248 g/mol. The van der Waals surface area contributed by atoms with Crippen LogP contribution >= 0.6 is 0 Å². The smallest absolute Gasteiger partial charge is 0.241 e. The summed E-state index contributed by atoms with van der Waals surface area (Å²) in [4.78, 5) is 14.7. The van der Waals surface area contributed by atoms with Crippen LogP contribution in [0.5, 0.6) is 0 Å². The van der Waals surface area contributed by atoms with Gasteiger partial charge in [-0.05, 0) is 43.2 Å². The third-order valence-corrected chi connectivity index (χ3v) is 4.46. The molecule has 1 aromatic rings. The molecule has 3 nitrogen and oxygen atoms in total. The predicted molar refractivity (Wildman–Crippen MR) is 80.2 cm³/mol. The maximum atomic E-state index is 12.6. The van der Waals surface area contributed by atoms with E-state index in [9.17, 15) is 4.79 Å². The van der Waals surface area contributed by atoms with Crippen molar-refractivity contribution in [1.29, 1.82) is 0 Å². The third-order valence-electron chi connectivity index (χ3n) is 4.46. The number of hydrogen-bond donors (Lipinski definition) is 1. The molecule has 2 atom stereocenters. The summed E-state index contributed by atoms with van der Waals surface area (Å²) >= 11 is 0. The Kier molecular flexibility index (Phi) is 3.79. The van der Waals surface area contributed by atoms with Crippen molar-refractivity contribution in [1.82, 2.24) is 10.2 Å². The van der Waals surface area contributed by atoms with Crippen molar-refractivity contribution < 1.29 is 4.79 Å². The summed E-state index contributed by atoms with van der Waals surface area (Å²) in [5.41, 5.74) is 2.51. The highest BCUT2D eigenvalue weighted by Crippen LogP contribution is 2.35. The van der Waals surface area contributed by atoms with Gasteiger partial charge in [0.05, 0.1) is 6.04 Å². The van der Waals surface area contributed by atoms with Crippen LogP contribution in [0.3, 0.4) is 0 Å². The Hall–Kier alpha value is -1.35. The number of nitrogens with one attached hydrogen (secondary N) is 1. The fourth-order valence-electron chi connectivity index (χ4n) is 3.10. The van der Waals surface area contributed by atoms with Crippen molar-refractivity contribution in [3.05, 3.63) is 35.4 Å². The van der Waals surface area contributed by atoms with E-state index in [0.717, 1.165) is 25.3 Å². The van der Waals surface area contributed by atoms with Gasteiger partial charge in [0.15, 0.2) is 0 Å². The lowest BCUT2D eigenvalue weighted by Gasteiger charge is -2.25. The van der Waals surface area contributed by atoms with E-state index in [1.54, 1.807) is 0 Å². The van der Waals surface area contributed by atoms with Crippen LogP contribution in [0.15, 0.2) is 24.3 Å². The standard InChI is InChI=1S/C17H24N2O/c1-3-6-15-17(20)19(11-13-9-10-13)16(18-15)14-8-5-4-7-12(14)2/h4-5,7-8,13,15-16,18H,3,6,9-11H2,1-2H3. The highest BCUT2D eigenvalue weighted by atomic mass is 16.2. The molecule has 0 radical (unpaired) electrons. The molecular formula is C17H24N2O. The van der Waals surface area contributed by atoms with Gasteiger partial charge in [-0.3, -0.25) is 10.1 Å². The van der Waals surface area contributed by atoms with Crippen molar-refractivity contribution in [3.8, 4) is 0 Å². The van der Waals surface area contributed by atoms with Crippen LogP contribution in [0.4, 0.5) is 0 Å². The number of rotatable bonds is 5. The number of carbonyl (C=O) groups excluding carboxylic acids is 1. The van der Waals surface area contributed by atoms with Crippen LogP contribution in [-0.2, 0) is 4.79 Å². The van der Waals surface area contributed by atoms with E-state index < -0.39 is 0 Å². The third kappa shape index (κ3) is 2.59. The van der Waals surface area contributed by atoms with Gasteiger partial charge in [0.2, 0.25) is 5.91 Å². The molecule has 1 aliphatic heterocycles. The van der Waals surface area contributed by atoms with Crippen molar-refractivity contribution in [2.75, 3.05) is 6.54 Å². The molecule has 2 unspecified atom stereocenters. The molecule has 1 N–H and O–H groups in total. The van der Waals surface area contributed by atoms with Gasteiger partial charge in [-0.1, -0.05) is 37.6 Å². The van der Waals surface area contributed by atoms with E-state index >= 15 is 0 Å². The van der Waals surface area contributed by atoms with E-state index in [0.29, 0.717) is 5.91 Å². The molecule has 0 aromatic heterocycles. The highest BCUT2D eigenvalue weighted by Gasteiger charge is 2.41. The minimum atomic E-state index is 0.00311. The zero-order valence-electron chi connectivity index (χ0n) is 12.4. The molecule has 1 aromatic carbocycles. The van der Waals surface area contributed by atoms with Gasteiger partial charge >= 0.3 is 0 Å². The first-order valence-electron chi connectivity index (χ1n) is 7.82. The summed E-state index contributed by atoms with van der Waals surface area (Å²) in [6.07, 6.45) is 4.61. The van der Waals surface area contributed by atoms with Gasteiger partial charge in [-0.15, -0.1) is 0 Å². The van der Waals surface area contributed by atoms with E-state index in [-0.39, 0.29) is 12.2 Å². The number of amides is 1. The predicted octanol–water partition coefficient (Wildman–Crippen LogP) is 3.00. The Labute approximate surface area is 121 Å². The summed E-state index contributed by atoms with van der Waals surface area (Å²) in [6, 6.07) is 8.41. The lowest BCUT2D eigenvalue weighted by atomic mass is 10.1. The topological polar surface area (TPSA) is 32.3 Å². The summed E-state index contributed by atoms with van der Waals surface area (Å²) in [6.45, 7) is 5.19. The first kappa shape index (κ1) is 13.6. The maximum absolute atomic E-state index is 12.6. The number of nitrogens with zero attached hydrogens (tertiary/aromatic N) is 1. The van der Waals surface area contributed by atoms with E-state index in [2.05, 4.69) is 48.3 Å².